The summed E-state index contributed by atoms with van der Waals surface area (Å²) in [5, 5.41) is 3.11. The van der Waals surface area contributed by atoms with E-state index in [4.69, 9.17) is 16.3 Å². The Kier molecular flexibility index (Phi) is 4.58. The molecule has 0 heterocycles. The van der Waals surface area contributed by atoms with Gasteiger partial charge in [0.1, 0.15) is 11.6 Å². The van der Waals surface area contributed by atoms with E-state index in [1.165, 1.54) is 18.2 Å². The zero-order chi connectivity index (χ0) is 14.5. The van der Waals surface area contributed by atoms with E-state index in [1.807, 2.05) is 0 Å². The van der Waals surface area contributed by atoms with Crippen molar-refractivity contribution in [1.82, 2.24) is 5.32 Å². The highest BCUT2D eigenvalue weighted by atomic mass is 35.5. The zero-order valence-electron chi connectivity index (χ0n) is 10.8. The molecule has 0 aliphatic rings. The van der Waals surface area contributed by atoms with E-state index >= 15 is 0 Å². The van der Waals surface area contributed by atoms with Crippen LogP contribution in [0.3, 0.4) is 0 Å². The van der Waals surface area contributed by atoms with Crippen molar-refractivity contribution in [3.8, 4) is 5.75 Å². The quantitative estimate of drug-likeness (QED) is 0.938. The molecule has 3 nitrogen and oxygen atoms in total. The third-order valence-corrected chi connectivity index (χ3v) is 3.17. The maximum Gasteiger partial charge on any atom is 0.254 e. The standard InChI is InChI=1S/C15H13ClFNO2/c1-20-11-7-6-10(13(16)8-11)9-18-15(19)12-4-2-3-5-14(12)17/h2-8H,9H2,1H3,(H,18,19). The highest BCUT2D eigenvalue weighted by Crippen LogP contribution is 2.22. The van der Waals surface area contributed by atoms with Crippen molar-refractivity contribution in [3.05, 3.63) is 64.4 Å². The monoisotopic (exact) mass is 293 g/mol. The van der Waals surface area contributed by atoms with Gasteiger partial charge in [0.2, 0.25) is 0 Å². The molecule has 0 spiro atoms. The van der Waals surface area contributed by atoms with Gasteiger partial charge in [-0.3, -0.25) is 4.79 Å². The normalized spacial score (nSPS) is 10.2. The third-order valence-electron chi connectivity index (χ3n) is 2.82. The first-order valence-corrected chi connectivity index (χ1v) is 6.34. The molecule has 2 aromatic carbocycles. The Bertz CT molecular complexity index is 631. The summed E-state index contributed by atoms with van der Waals surface area (Å²) in [5.41, 5.74) is 0.745. The molecule has 0 radical (unpaired) electrons. The van der Waals surface area contributed by atoms with Crippen molar-refractivity contribution in [1.29, 1.82) is 0 Å². The highest BCUT2D eigenvalue weighted by molar-refractivity contribution is 6.31. The lowest BCUT2D eigenvalue weighted by Gasteiger charge is -2.09. The molecule has 1 amide bonds. The fraction of sp³-hybridized carbons (Fsp3) is 0.133. The predicted molar refractivity (Wildman–Crippen MR) is 75.6 cm³/mol. The molecule has 0 saturated carbocycles. The molecule has 2 aromatic rings. The van der Waals surface area contributed by atoms with Crippen LogP contribution in [0.15, 0.2) is 42.5 Å². The topological polar surface area (TPSA) is 38.3 Å². The van der Waals surface area contributed by atoms with E-state index < -0.39 is 11.7 Å². The van der Waals surface area contributed by atoms with Crippen LogP contribution in [-0.4, -0.2) is 13.0 Å². The molecule has 104 valence electrons. The predicted octanol–water partition coefficient (Wildman–Crippen LogP) is 3.42. The van der Waals surface area contributed by atoms with Crippen molar-refractivity contribution < 1.29 is 13.9 Å². The average molecular weight is 294 g/mol. The number of halogens is 2. The summed E-state index contributed by atoms with van der Waals surface area (Å²) in [7, 11) is 1.55. The lowest BCUT2D eigenvalue weighted by molar-refractivity contribution is 0.0947. The number of benzene rings is 2. The summed E-state index contributed by atoms with van der Waals surface area (Å²) in [6.07, 6.45) is 0. The van der Waals surface area contributed by atoms with E-state index in [0.717, 1.165) is 5.56 Å². The molecule has 0 bridgehead atoms. The molecule has 0 saturated heterocycles. The van der Waals surface area contributed by atoms with Crippen molar-refractivity contribution >= 4 is 17.5 Å². The maximum atomic E-state index is 13.4. The van der Waals surface area contributed by atoms with Gasteiger partial charge in [-0.2, -0.15) is 0 Å². The minimum absolute atomic E-state index is 0.0112. The third kappa shape index (κ3) is 3.27. The molecule has 1 N–H and O–H groups in total. The molecule has 0 fully saturated rings. The van der Waals surface area contributed by atoms with Crippen LogP contribution in [0.4, 0.5) is 4.39 Å². The highest BCUT2D eigenvalue weighted by Gasteiger charge is 2.11. The summed E-state index contributed by atoms with van der Waals surface area (Å²) < 4.78 is 18.5. The first-order valence-electron chi connectivity index (χ1n) is 5.97. The van der Waals surface area contributed by atoms with Crippen LogP contribution in [0.1, 0.15) is 15.9 Å². The minimum Gasteiger partial charge on any atom is -0.497 e. The number of methoxy groups -OCH3 is 1. The van der Waals surface area contributed by atoms with Gasteiger partial charge in [-0.15, -0.1) is 0 Å². The summed E-state index contributed by atoms with van der Waals surface area (Å²) in [4.78, 5) is 11.9. The maximum absolute atomic E-state index is 13.4. The molecule has 2 rings (SSSR count). The second kappa shape index (κ2) is 6.39. The number of nitrogens with one attached hydrogen (secondary N) is 1. The van der Waals surface area contributed by atoms with Gasteiger partial charge < -0.3 is 10.1 Å². The lowest BCUT2D eigenvalue weighted by Crippen LogP contribution is -2.23. The van der Waals surface area contributed by atoms with Crippen molar-refractivity contribution in [3.63, 3.8) is 0 Å². The number of carbonyl (C=O) groups is 1. The second-order valence-corrected chi connectivity index (χ2v) is 4.53. The van der Waals surface area contributed by atoms with E-state index in [2.05, 4.69) is 5.32 Å². The zero-order valence-corrected chi connectivity index (χ0v) is 11.6. The largest absolute Gasteiger partial charge is 0.497 e. The lowest BCUT2D eigenvalue weighted by atomic mass is 10.1. The second-order valence-electron chi connectivity index (χ2n) is 4.12. The van der Waals surface area contributed by atoms with Crippen LogP contribution in [0, 0.1) is 5.82 Å². The molecule has 0 unspecified atom stereocenters. The Morgan fingerprint density at radius 3 is 2.70 bits per heavy atom. The Morgan fingerprint density at radius 2 is 2.05 bits per heavy atom. The number of hydrogen-bond acceptors (Lipinski definition) is 2. The number of carbonyl (C=O) groups excluding carboxylic acids is 1. The van der Waals surface area contributed by atoms with Crippen LogP contribution in [0.25, 0.3) is 0 Å². The van der Waals surface area contributed by atoms with E-state index in [1.54, 1.807) is 31.4 Å². The van der Waals surface area contributed by atoms with Crippen molar-refractivity contribution in [2.24, 2.45) is 0 Å². The Hall–Kier alpha value is -2.07. The van der Waals surface area contributed by atoms with Crippen LogP contribution < -0.4 is 10.1 Å². The number of amides is 1. The molecule has 0 atom stereocenters. The molecule has 0 aliphatic heterocycles. The van der Waals surface area contributed by atoms with Gasteiger partial charge >= 0.3 is 0 Å². The number of ether oxygens (including phenoxy) is 1. The van der Waals surface area contributed by atoms with Gasteiger partial charge in [0.15, 0.2) is 0 Å². The summed E-state index contributed by atoms with van der Waals surface area (Å²) in [5.74, 6) is -0.389. The van der Waals surface area contributed by atoms with Crippen LogP contribution in [0.2, 0.25) is 5.02 Å². The first kappa shape index (κ1) is 14.3. The molecule has 5 heteroatoms. The first-order chi connectivity index (χ1) is 9.61. The fourth-order valence-corrected chi connectivity index (χ4v) is 1.95. The van der Waals surface area contributed by atoms with E-state index in [9.17, 15) is 9.18 Å². The summed E-state index contributed by atoms with van der Waals surface area (Å²) in [6.45, 7) is 0.218. The van der Waals surface area contributed by atoms with Crippen molar-refractivity contribution in [2.75, 3.05) is 7.11 Å². The Morgan fingerprint density at radius 1 is 1.30 bits per heavy atom. The van der Waals surface area contributed by atoms with Crippen LogP contribution >= 0.6 is 11.6 Å². The molecule has 0 aliphatic carbocycles. The van der Waals surface area contributed by atoms with Gasteiger partial charge in [-0.1, -0.05) is 29.8 Å². The number of rotatable bonds is 4. The van der Waals surface area contributed by atoms with Gasteiger partial charge in [0, 0.05) is 11.6 Å². The smallest absolute Gasteiger partial charge is 0.254 e. The van der Waals surface area contributed by atoms with Crippen LogP contribution in [0.5, 0.6) is 5.75 Å². The molecular weight excluding hydrogens is 281 g/mol. The van der Waals surface area contributed by atoms with E-state index in [0.29, 0.717) is 10.8 Å². The summed E-state index contributed by atoms with van der Waals surface area (Å²) in [6, 6.07) is 11.0. The molecule has 0 aromatic heterocycles. The average Bonchev–Trinajstić information content (AvgIpc) is 2.46. The molecular formula is C15H13ClFNO2. The van der Waals surface area contributed by atoms with Gasteiger partial charge in [-0.05, 0) is 29.8 Å². The number of hydrogen-bond donors (Lipinski definition) is 1. The van der Waals surface area contributed by atoms with Crippen molar-refractivity contribution in [2.45, 2.75) is 6.54 Å². The summed E-state index contributed by atoms with van der Waals surface area (Å²) >= 11 is 6.06. The van der Waals surface area contributed by atoms with Gasteiger partial charge in [-0.25, -0.2) is 4.39 Å². The van der Waals surface area contributed by atoms with Crippen LogP contribution in [-0.2, 0) is 6.54 Å². The van der Waals surface area contributed by atoms with E-state index in [-0.39, 0.29) is 12.1 Å². The SMILES string of the molecule is COc1ccc(CNC(=O)c2ccccc2F)c(Cl)c1. The fourth-order valence-electron chi connectivity index (χ4n) is 1.71. The molecule has 20 heavy (non-hydrogen) atoms. The Labute approximate surface area is 121 Å². The Balaban J connectivity index is 2.06. The van der Waals surface area contributed by atoms with Gasteiger partial charge in [0.25, 0.3) is 5.91 Å². The van der Waals surface area contributed by atoms with Gasteiger partial charge in [0.05, 0.1) is 12.7 Å². The minimum atomic E-state index is -0.550.